The van der Waals surface area contributed by atoms with Crippen LogP contribution in [0.15, 0.2) is 60.7 Å². The first-order valence-corrected chi connectivity index (χ1v) is 11.8. The van der Waals surface area contributed by atoms with E-state index >= 15 is 0 Å². The van der Waals surface area contributed by atoms with Crippen LogP contribution < -0.4 is 0 Å². The lowest BCUT2D eigenvalue weighted by atomic mass is 10.0. The van der Waals surface area contributed by atoms with Gasteiger partial charge in [-0.2, -0.15) is 0 Å². The summed E-state index contributed by atoms with van der Waals surface area (Å²) in [6.07, 6.45) is 0. The lowest BCUT2D eigenvalue weighted by molar-refractivity contribution is -0.152. The lowest BCUT2D eigenvalue weighted by Crippen LogP contribution is -2.21. The Kier molecular flexibility index (Phi) is 19.1. The van der Waals surface area contributed by atoms with Crippen molar-refractivity contribution in [1.82, 2.24) is 0 Å². The van der Waals surface area contributed by atoms with Gasteiger partial charge in [0, 0.05) is 20.8 Å². The SMILES string of the molecule is CC(=O)OC(C)(C)C.CC(=O)OC(C)Cl.CC(=O)OCc1ccccc1.CC(C)c1ccccc1. The van der Waals surface area contributed by atoms with Crippen molar-refractivity contribution in [1.29, 1.82) is 0 Å². The highest BCUT2D eigenvalue weighted by Gasteiger charge is 2.11. The fourth-order valence-corrected chi connectivity index (χ4v) is 2.38. The van der Waals surface area contributed by atoms with Crippen LogP contribution in [0.4, 0.5) is 0 Å². The fourth-order valence-electron chi connectivity index (χ4n) is 2.26. The molecule has 0 saturated carbocycles. The van der Waals surface area contributed by atoms with E-state index < -0.39 is 5.56 Å². The first kappa shape index (κ1) is 34.3. The zero-order valence-corrected chi connectivity index (χ0v) is 23.2. The van der Waals surface area contributed by atoms with Crippen molar-refractivity contribution >= 4 is 29.5 Å². The van der Waals surface area contributed by atoms with Gasteiger partial charge in [-0.25, -0.2) is 0 Å². The predicted molar refractivity (Wildman–Crippen MR) is 141 cm³/mol. The highest BCUT2D eigenvalue weighted by Crippen LogP contribution is 2.11. The molecule has 0 fully saturated rings. The number of ether oxygens (including phenoxy) is 3. The van der Waals surface area contributed by atoms with Crippen LogP contribution in [0.25, 0.3) is 0 Å². The molecule has 196 valence electrons. The summed E-state index contributed by atoms with van der Waals surface area (Å²) in [6.45, 7) is 16.0. The van der Waals surface area contributed by atoms with Gasteiger partial charge in [-0.1, -0.05) is 86.1 Å². The molecule has 0 aliphatic heterocycles. The average Bonchev–Trinajstić information content (AvgIpc) is 2.72. The van der Waals surface area contributed by atoms with Crippen molar-refractivity contribution in [3.8, 4) is 0 Å². The number of esters is 3. The van der Waals surface area contributed by atoms with E-state index in [1.54, 1.807) is 6.92 Å². The number of hydrogen-bond acceptors (Lipinski definition) is 6. The standard InChI is InChI=1S/C9H10O2.C9H12.C6H12O2.C4H7ClO2/c1-8(10)11-7-9-5-3-2-4-6-9;1-8(2)9-6-4-3-5-7-9;1-5(7)8-6(2,3)4;1-3(5)7-4(2)6/h2-6H,7H2,1H3;3-8H,1-2H3;1-4H3;3H,1-2H3. The lowest BCUT2D eigenvalue weighted by Gasteiger charge is -2.17. The zero-order chi connectivity index (χ0) is 27.4. The summed E-state index contributed by atoms with van der Waals surface area (Å²) in [5, 5.41) is 0. The summed E-state index contributed by atoms with van der Waals surface area (Å²) in [4.78, 5) is 30.6. The van der Waals surface area contributed by atoms with E-state index in [4.69, 9.17) is 21.1 Å². The maximum atomic E-state index is 10.4. The van der Waals surface area contributed by atoms with Gasteiger partial charge in [0.25, 0.3) is 0 Å². The first-order chi connectivity index (χ1) is 16.1. The van der Waals surface area contributed by atoms with Crippen molar-refractivity contribution in [2.24, 2.45) is 0 Å². The Morgan fingerprint density at radius 2 is 1.23 bits per heavy atom. The topological polar surface area (TPSA) is 78.9 Å². The average molecular weight is 509 g/mol. The van der Waals surface area contributed by atoms with Crippen molar-refractivity contribution in [3.63, 3.8) is 0 Å². The molecule has 0 heterocycles. The summed E-state index contributed by atoms with van der Waals surface area (Å²) < 4.78 is 14.0. The molecule has 0 aliphatic carbocycles. The van der Waals surface area contributed by atoms with E-state index in [1.165, 1.54) is 26.3 Å². The van der Waals surface area contributed by atoms with Crippen LogP contribution in [0, 0.1) is 0 Å². The molecule has 2 aromatic carbocycles. The molecule has 7 heteroatoms. The second-order valence-electron chi connectivity index (χ2n) is 8.69. The Morgan fingerprint density at radius 3 is 1.46 bits per heavy atom. The highest BCUT2D eigenvalue weighted by atomic mass is 35.5. The molecule has 0 spiro atoms. The Hall–Kier alpha value is -2.86. The minimum Gasteiger partial charge on any atom is -0.461 e. The van der Waals surface area contributed by atoms with Gasteiger partial charge < -0.3 is 14.2 Å². The molecule has 0 amide bonds. The molecular formula is C28H41ClO6. The molecule has 0 bridgehead atoms. The molecule has 0 aromatic heterocycles. The van der Waals surface area contributed by atoms with Gasteiger partial charge in [-0.3, -0.25) is 14.4 Å². The van der Waals surface area contributed by atoms with E-state index in [0.717, 1.165) is 5.56 Å². The summed E-state index contributed by atoms with van der Waals surface area (Å²) in [5.41, 5.74) is 1.60. The molecule has 0 aliphatic rings. The second kappa shape index (κ2) is 19.4. The van der Waals surface area contributed by atoms with Crippen LogP contribution in [0.5, 0.6) is 0 Å². The molecular weight excluding hydrogens is 468 g/mol. The molecule has 0 saturated heterocycles. The zero-order valence-electron chi connectivity index (χ0n) is 22.5. The van der Waals surface area contributed by atoms with Crippen LogP contribution in [0.2, 0.25) is 0 Å². The third-order valence-corrected chi connectivity index (χ3v) is 3.62. The Bertz CT molecular complexity index is 828. The summed E-state index contributed by atoms with van der Waals surface area (Å²) in [7, 11) is 0. The molecule has 35 heavy (non-hydrogen) atoms. The molecule has 0 N–H and O–H groups in total. The van der Waals surface area contributed by atoms with Crippen LogP contribution >= 0.6 is 11.6 Å². The van der Waals surface area contributed by atoms with Crippen LogP contribution in [0.1, 0.15) is 79.4 Å². The normalized spacial score (nSPS) is 10.6. The Balaban J connectivity index is 0. The predicted octanol–water partition coefficient (Wildman–Crippen LogP) is 7.04. The molecule has 2 rings (SSSR count). The van der Waals surface area contributed by atoms with Gasteiger partial charge >= 0.3 is 17.9 Å². The first-order valence-electron chi connectivity index (χ1n) is 11.4. The minimum atomic E-state index is -0.502. The van der Waals surface area contributed by atoms with E-state index in [-0.39, 0.29) is 23.5 Å². The van der Waals surface area contributed by atoms with Gasteiger partial charge in [-0.15, -0.1) is 0 Å². The Labute approximate surface area is 215 Å². The van der Waals surface area contributed by atoms with E-state index in [0.29, 0.717) is 12.5 Å². The van der Waals surface area contributed by atoms with Crippen molar-refractivity contribution < 1.29 is 28.6 Å². The summed E-state index contributed by atoms with van der Waals surface area (Å²) >= 11 is 5.23. The molecule has 1 unspecified atom stereocenters. The quantitative estimate of drug-likeness (QED) is 0.250. The van der Waals surface area contributed by atoms with Crippen molar-refractivity contribution in [2.75, 3.05) is 0 Å². The summed E-state index contributed by atoms with van der Waals surface area (Å²) in [6, 6.07) is 20.1. The number of benzene rings is 2. The monoisotopic (exact) mass is 508 g/mol. The van der Waals surface area contributed by atoms with Gasteiger partial charge in [0.15, 0.2) is 5.56 Å². The maximum Gasteiger partial charge on any atom is 0.304 e. The fraction of sp³-hybridized carbons (Fsp3) is 0.464. The Morgan fingerprint density at radius 1 is 0.771 bits per heavy atom. The smallest absolute Gasteiger partial charge is 0.304 e. The van der Waals surface area contributed by atoms with Crippen LogP contribution in [-0.2, 0) is 35.2 Å². The summed E-state index contributed by atoms with van der Waals surface area (Å²) in [5.74, 6) is -0.153. The third kappa shape index (κ3) is 27.3. The number of alkyl halides is 1. The van der Waals surface area contributed by atoms with Crippen LogP contribution in [-0.4, -0.2) is 29.1 Å². The van der Waals surface area contributed by atoms with E-state index in [1.807, 2.05) is 57.2 Å². The molecule has 2 aromatic rings. The number of hydrogen-bond donors (Lipinski definition) is 0. The van der Waals surface area contributed by atoms with Crippen molar-refractivity contribution in [3.05, 3.63) is 71.8 Å². The molecule has 6 nitrogen and oxygen atoms in total. The van der Waals surface area contributed by atoms with Gasteiger partial charge in [-0.05, 0) is 44.7 Å². The van der Waals surface area contributed by atoms with Gasteiger partial charge in [0.1, 0.15) is 12.2 Å². The highest BCUT2D eigenvalue weighted by molar-refractivity contribution is 6.19. The maximum absolute atomic E-state index is 10.4. The number of halogens is 1. The van der Waals surface area contributed by atoms with Gasteiger partial charge in [0.2, 0.25) is 0 Å². The van der Waals surface area contributed by atoms with E-state index in [2.05, 4.69) is 42.8 Å². The minimum absolute atomic E-state index is 0.225. The largest absolute Gasteiger partial charge is 0.461 e. The van der Waals surface area contributed by atoms with Crippen molar-refractivity contribution in [2.45, 2.75) is 86.0 Å². The number of rotatable bonds is 4. The van der Waals surface area contributed by atoms with Gasteiger partial charge in [0.05, 0.1) is 0 Å². The number of carbonyl (C=O) groups excluding carboxylic acids is 3. The molecule has 1 atom stereocenters. The van der Waals surface area contributed by atoms with E-state index in [9.17, 15) is 14.4 Å². The third-order valence-electron chi connectivity index (χ3n) is 3.53. The molecule has 0 radical (unpaired) electrons. The number of carbonyl (C=O) groups is 3. The van der Waals surface area contributed by atoms with Crippen LogP contribution in [0.3, 0.4) is 0 Å². The second-order valence-corrected chi connectivity index (χ2v) is 9.30.